The van der Waals surface area contributed by atoms with Gasteiger partial charge in [-0.05, 0) is 25.7 Å². The molecule has 0 saturated carbocycles. The van der Waals surface area contributed by atoms with Gasteiger partial charge in [-0.25, -0.2) is 4.98 Å². The Labute approximate surface area is 110 Å². The number of carbonyl (C=O) groups excluding carboxylic acids is 1. The molecule has 0 bridgehead atoms. The molecule has 1 aliphatic heterocycles. The Morgan fingerprint density at radius 3 is 3.06 bits per heavy atom. The van der Waals surface area contributed by atoms with Crippen molar-refractivity contribution >= 4 is 28.4 Å². The summed E-state index contributed by atoms with van der Waals surface area (Å²) >= 11 is 1.57. The number of aromatic nitrogens is 2. The molecule has 3 rings (SSSR count). The Morgan fingerprint density at radius 1 is 1.44 bits per heavy atom. The van der Waals surface area contributed by atoms with E-state index in [1.165, 1.54) is 12.8 Å². The van der Waals surface area contributed by atoms with Crippen LogP contribution in [0.3, 0.4) is 0 Å². The fourth-order valence-corrected chi connectivity index (χ4v) is 3.41. The van der Waals surface area contributed by atoms with Gasteiger partial charge in [0.25, 0.3) is 0 Å². The van der Waals surface area contributed by atoms with Crippen LogP contribution in [0.25, 0.3) is 4.96 Å². The molecule has 1 fully saturated rings. The van der Waals surface area contributed by atoms with Crippen LogP contribution in [0.15, 0.2) is 11.6 Å². The normalized spacial score (nSPS) is 24.7. The zero-order valence-electron chi connectivity index (χ0n) is 10.7. The van der Waals surface area contributed by atoms with Crippen molar-refractivity contribution in [2.75, 3.05) is 11.4 Å². The number of rotatable bonds is 2. The summed E-state index contributed by atoms with van der Waals surface area (Å²) in [4.78, 5) is 19.2. The second kappa shape index (κ2) is 4.39. The average Bonchev–Trinajstić information content (AvgIpc) is 2.91. The largest absolute Gasteiger partial charge is 0.352 e. The van der Waals surface area contributed by atoms with Gasteiger partial charge in [-0.3, -0.25) is 9.20 Å². The fourth-order valence-electron chi connectivity index (χ4n) is 2.70. The topological polar surface area (TPSA) is 37.6 Å². The molecule has 0 amide bonds. The highest BCUT2D eigenvalue weighted by atomic mass is 32.1. The van der Waals surface area contributed by atoms with Crippen molar-refractivity contribution in [3.63, 3.8) is 0 Å². The van der Waals surface area contributed by atoms with E-state index in [1.54, 1.807) is 11.3 Å². The monoisotopic (exact) mass is 263 g/mol. The number of aldehydes is 1. The van der Waals surface area contributed by atoms with E-state index in [1.807, 2.05) is 16.0 Å². The van der Waals surface area contributed by atoms with E-state index in [0.717, 1.165) is 23.6 Å². The Morgan fingerprint density at radius 2 is 2.28 bits per heavy atom. The van der Waals surface area contributed by atoms with Crippen LogP contribution < -0.4 is 4.90 Å². The predicted molar refractivity (Wildman–Crippen MR) is 73.7 cm³/mol. The van der Waals surface area contributed by atoms with Gasteiger partial charge < -0.3 is 4.90 Å². The average molecular weight is 263 g/mol. The van der Waals surface area contributed by atoms with Gasteiger partial charge in [0, 0.05) is 24.2 Å². The molecule has 4 nitrogen and oxygen atoms in total. The van der Waals surface area contributed by atoms with E-state index in [9.17, 15) is 4.79 Å². The van der Waals surface area contributed by atoms with Gasteiger partial charge in [0.05, 0.1) is 0 Å². The number of hydrogen-bond donors (Lipinski definition) is 0. The number of anilines is 1. The molecule has 2 aromatic rings. The first-order valence-corrected chi connectivity index (χ1v) is 7.26. The van der Waals surface area contributed by atoms with Crippen molar-refractivity contribution in [3.05, 3.63) is 17.3 Å². The number of nitrogens with zero attached hydrogens (tertiary/aromatic N) is 3. The van der Waals surface area contributed by atoms with Crippen LogP contribution in [0.2, 0.25) is 0 Å². The van der Waals surface area contributed by atoms with Gasteiger partial charge in [0.1, 0.15) is 5.69 Å². The second-order valence-corrected chi connectivity index (χ2v) is 6.05. The maximum absolute atomic E-state index is 11.3. The lowest BCUT2D eigenvalue weighted by molar-refractivity contribution is 0.111. The highest BCUT2D eigenvalue weighted by Crippen LogP contribution is 2.30. The van der Waals surface area contributed by atoms with Crippen LogP contribution in [0.1, 0.15) is 37.2 Å². The van der Waals surface area contributed by atoms with Gasteiger partial charge in [-0.15, -0.1) is 11.3 Å². The van der Waals surface area contributed by atoms with E-state index in [0.29, 0.717) is 17.7 Å². The van der Waals surface area contributed by atoms with Gasteiger partial charge in [0.15, 0.2) is 17.1 Å². The summed E-state index contributed by atoms with van der Waals surface area (Å²) in [6.07, 6.45) is 5.27. The van der Waals surface area contributed by atoms with Crippen molar-refractivity contribution in [1.82, 2.24) is 9.38 Å². The van der Waals surface area contributed by atoms with Crippen LogP contribution in [-0.4, -0.2) is 28.3 Å². The Hall–Kier alpha value is -1.36. The molecule has 96 valence electrons. The SMILES string of the molecule is CC1CCC(C)N(c2nc3sccn3c2C=O)C1. The minimum absolute atomic E-state index is 0.463. The Bertz CT molecular complexity index is 574. The first-order chi connectivity index (χ1) is 8.70. The highest BCUT2D eigenvalue weighted by molar-refractivity contribution is 7.15. The third-order valence-corrected chi connectivity index (χ3v) is 4.54. The minimum Gasteiger partial charge on any atom is -0.352 e. The van der Waals surface area contributed by atoms with E-state index < -0.39 is 0 Å². The molecule has 3 heterocycles. The molecule has 0 aromatic carbocycles. The van der Waals surface area contributed by atoms with Gasteiger partial charge in [0.2, 0.25) is 0 Å². The molecule has 0 aliphatic carbocycles. The zero-order valence-corrected chi connectivity index (χ0v) is 11.5. The summed E-state index contributed by atoms with van der Waals surface area (Å²) < 4.78 is 1.89. The smallest absolute Gasteiger partial charge is 0.196 e. The summed E-state index contributed by atoms with van der Waals surface area (Å²) in [5, 5.41) is 1.96. The van der Waals surface area contributed by atoms with Crippen molar-refractivity contribution < 1.29 is 4.79 Å². The van der Waals surface area contributed by atoms with Crippen molar-refractivity contribution in [2.24, 2.45) is 5.92 Å². The Kier molecular flexibility index (Phi) is 2.86. The van der Waals surface area contributed by atoms with Gasteiger partial charge in [-0.1, -0.05) is 6.92 Å². The molecule has 2 unspecified atom stereocenters. The van der Waals surface area contributed by atoms with Crippen molar-refractivity contribution in [2.45, 2.75) is 32.7 Å². The molecule has 5 heteroatoms. The van der Waals surface area contributed by atoms with Crippen LogP contribution in [0.4, 0.5) is 5.82 Å². The van der Waals surface area contributed by atoms with Gasteiger partial charge >= 0.3 is 0 Å². The molecule has 0 radical (unpaired) electrons. The standard InChI is InChI=1S/C13H17N3OS/c1-9-3-4-10(2)16(7-9)12-11(8-17)15-5-6-18-13(15)14-12/h5-6,8-10H,3-4,7H2,1-2H3. The summed E-state index contributed by atoms with van der Waals surface area (Å²) in [6, 6.07) is 0.463. The van der Waals surface area contributed by atoms with Gasteiger partial charge in [-0.2, -0.15) is 0 Å². The molecule has 1 aliphatic rings. The molecule has 2 aromatic heterocycles. The lowest BCUT2D eigenvalue weighted by atomic mass is 9.95. The molecule has 18 heavy (non-hydrogen) atoms. The maximum atomic E-state index is 11.3. The van der Waals surface area contributed by atoms with Crippen LogP contribution >= 0.6 is 11.3 Å². The van der Waals surface area contributed by atoms with E-state index >= 15 is 0 Å². The summed E-state index contributed by atoms with van der Waals surface area (Å²) in [6.45, 7) is 5.47. The van der Waals surface area contributed by atoms with Crippen LogP contribution in [-0.2, 0) is 0 Å². The molecule has 0 spiro atoms. The molecule has 0 N–H and O–H groups in total. The number of imidazole rings is 1. The van der Waals surface area contributed by atoms with Crippen molar-refractivity contribution in [1.29, 1.82) is 0 Å². The number of carbonyl (C=O) groups is 1. The van der Waals surface area contributed by atoms with E-state index in [2.05, 4.69) is 23.7 Å². The van der Waals surface area contributed by atoms with E-state index in [-0.39, 0.29) is 0 Å². The van der Waals surface area contributed by atoms with Crippen LogP contribution in [0, 0.1) is 5.92 Å². The van der Waals surface area contributed by atoms with Crippen LogP contribution in [0.5, 0.6) is 0 Å². The first kappa shape index (κ1) is 11.7. The number of fused-ring (bicyclic) bond motifs is 1. The highest BCUT2D eigenvalue weighted by Gasteiger charge is 2.27. The first-order valence-electron chi connectivity index (χ1n) is 6.38. The predicted octanol–water partition coefficient (Wildman–Crippen LogP) is 2.83. The molecular weight excluding hydrogens is 246 g/mol. The summed E-state index contributed by atoms with van der Waals surface area (Å²) in [5.41, 5.74) is 0.687. The minimum atomic E-state index is 0.463. The number of hydrogen-bond acceptors (Lipinski definition) is 4. The number of thiazole rings is 1. The summed E-state index contributed by atoms with van der Waals surface area (Å²) in [7, 11) is 0. The Balaban J connectivity index is 2.06. The number of piperidine rings is 1. The van der Waals surface area contributed by atoms with E-state index in [4.69, 9.17) is 0 Å². The zero-order chi connectivity index (χ0) is 12.7. The molecular formula is C13H17N3OS. The quantitative estimate of drug-likeness (QED) is 0.782. The maximum Gasteiger partial charge on any atom is 0.196 e. The van der Waals surface area contributed by atoms with Crippen molar-refractivity contribution in [3.8, 4) is 0 Å². The molecule has 2 atom stereocenters. The lowest BCUT2D eigenvalue weighted by Crippen LogP contribution is -2.41. The lowest BCUT2D eigenvalue weighted by Gasteiger charge is -2.37. The fraction of sp³-hybridized carbons (Fsp3) is 0.538. The molecule has 1 saturated heterocycles. The second-order valence-electron chi connectivity index (χ2n) is 5.18. The summed E-state index contributed by atoms with van der Waals surface area (Å²) in [5.74, 6) is 1.52. The third-order valence-electron chi connectivity index (χ3n) is 3.78. The third kappa shape index (κ3) is 1.73.